The molecule has 0 aromatic heterocycles. The Labute approximate surface area is 135 Å². The fraction of sp³-hybridized carbons (Fsp3) is 0.812. The first kappa shape index (κ1) is 19.2. The van der Waals surface area contributed by atoms with Gasteiger partial charge in [0, 0.05) is 20.2 Å². The van der Waals surface area contributed by atoms with Crippen LogP contribution < -0.4 is 0 Å². The van der Waals surface area contributed by atoms with Crippen molar-refractivity contribution >= 4 is 13.5 Å². The Balaban J connectivity index is 0.000000346. The van der Waals surface area contributed by atoms with Crippen molar-refractivity contribution in [3.8, 4) is 0 Å². The molecule has 0 spiro atoms. The van der Waals surface area contributed by atoms with E-state index in [-0.39, 0.29) is 23.9 Å². The van der Waals surface area contributed by atoms with E-state index in [4.69, 9.17) is 14.0 Å². The Hall–Kier alpha value is -0.845. The fourth-order valence-electron chi connectivity index (χ4n) is 1.84. The predicted molar refractivity (Wildman–Crippen MR) is 88.6 cm³/mol. The molecule has 0 aromatic rings. The van der Waals surface area contributed by atoms with E-state index in [1.54, 1.807) is 12.0 Å². The molecule has 0 unspecified atom stereocenters. The van der Waals surface area contributed by atoms with Crippen molar-refractivity contribution in [3.63, 3.8) is 0 Å². The molecule has 0 atom stereocenters. The van der Waals surface area contributed by atoms with Crippen molar-refractivity contribution in [1.29, 1.82) is 0 Å². The summed E-state index contributed by atoms with van der Waals surface area (Å²) >= 11 is 0. The minimum Gasteiger partial charge on any atom is -0.400 e. The van der Waals surface area contributed by atoms with Gasteiger partial charge in [0.25, 0.3) is 0 Å². The summed E-state index contributed by atoms with van der Waals surface area (Å²) in [5, 5.41) is 0. The number of hydrogen-bond acceptors (Lipinski definition) is 4. The molecule has 0 aromatic carbocycles. The van der Waals surface area contributed by atoms with Crippen LogP contribution in [0.25, 0.3) is 0 Å². The molecule has 5 nitrogen and oxygen atoms in total. The van der Waals surface area contributed by atoms with Crippen molar-refractivity contribution in [2.45, 2.75) is 65.3 Å². The molecule has 1 fully saturated rings. The summed E-state index contributed by atoms with van der Waals surface area (Å²) in [6.45, 7) is 15.4. The van der Waals surface area contributed by atoms with Crippen LogP contribution in [0.5, 0.6) is 0 Å². The molecule has 1 amide bonds. The zero-order valence-electron chi connectivity index (χ0n) is 15.2. The van der Waals surface area contributed by atoms with E-state index in [0.29, 0.717) is 13.1 Å². The number of rotatable bonds is 2. The molecule has 2 rings (SSSR count). The van der Waals surface area contributed by atoms with Crippen molar-refractivity contribution in [3.05, 3.63) is 11.5 Å². The Kier molecular flexibility index (Phi) is 5.87. The maximum atomic E-state index is 10.6. The highest BCUT2D eigenvalue weighted by Gasteiger charge is 2.52. The van der Waals surface area contributed by atoms with Crippen LogP contribution in [-0.2, 0) is 18.8 Å². The van der Waals surface area contributed by atoms with Crippen LogP contribution in [0.1, 0.15) is 48.5 Å². The Morgan fingerprint density at radius 2 is 1.68 bits per heavy atom. The second kappa shape index (κ2) is 6.73. The molecule has 6 heteroatoms. The van der Waals surface area contributed by atoms with Gasteiger partial charge in [-0.1, -0.05) is 6.08 Å². The number of nitrogens with zero attached hydrogens (tertiary/aromatic N) is 1. The molecule has 2 aliphatic heterocycles. The summed E-state index contributed by atoms with van der Waals surface area (Å²) in [4.78, 5) is 12.3. The number of methoxy groups -OCH3 is 1. The number of hydrogen-bond donors (Lipinski definition) is 0. The number of amides is 1. The van der Waals surface area contributed by atoms with Gasteiger partial charge in [0.1, 0.15) is 0 Å². The Morgan fingerprint density at radius 1 is 1.23 bits per heavy atom. The number of carbonyl (C=O) groups excluding carboxylic acids is 1. The topological polar surface area (TPSA) is 48.0 Å². The summed E-state index contributed by atoms with van der Waals surface area (Å²) < 4.78 is 16.8. The van der Waals surface area contributed by atoms with E-state index in [1.165, 1.54) is 0 Å². The van der Waals surface area contributed by atoms with Gasteiger partial charge in [-0.25, -0.2) is 0 Å². The molecule has 0 N–H and O–H groups in total. The first-order valence-corrected chi connectivity index (χ1v) is 7.71. The average molecular weight is 311 g/mol. The lowest BCUT2D eigenvalue weighted by Gasteiger charge is -2.32. The Morgan fingerprint density at radius 3 is 2.00 bits per heavy atom. The quantitative estimate of drug-likeness (QED) is 0.580. The third kappa shape index (κ3) is 4.83. The van der Waals surface area contributed by atoms with Crippen LogP contribution in [0.3, 0.4) is 0 Å². The first-order valence-electron chi connectivity index (χ1n) is 7.71. The van der Waals surface area contributed by atoms with Gasteiger partial charge >= 0.3 is 7.12 Å². The van der Waals surface area contributed by atoms with Crippen molar-refractivity contribution < 1.29 is 18.8 Å². The lowest BCUT2D eigenvalue weighted by Crippen LogP contribution is -2.41. The van der Waals surface area contributed by atoms with Crippen molar-refractivity contribution in [1.82, 2.24) is 4.90 Å². The average Bonchev–Trinajstić information content (AvgIpc) is 2.92. The summed E-state index contributed by atoms with van der Waals surface area (Å²) in [7, 11) is 1.40. The highest BCUT2D eigenvalue weighted by molar-refractivity contribution is 6.55. The van der Waals surface area contributed by atoms with E-state index < -0.39 is 0 Å². The zero-order chi connectivity index (χ0) is 17.2. The van der Waals surface area contributed by atoms with Crippen LogP contribution in [0.2, 0.25) is 0 Å². The molecule has 126 valence electrons. The molecular weight excluding hydrogens is 281 g/mol. The van der Waals surface area contributed by atoms with E-state index in [9.17, 15) is 4.79 Å². The third-order valence-electron chi connectivity index (χ3n) is 4.29. The molecule has 2 heterocycles. The predicted octanol–water partition coefficient (Wildman–Crippen LogP) is 2.45. The number of carbonyl (C=O) groups is 1. The highest BCUT2D eigenvalue weighted by atomic mass is 16.7. The van der Waals surface area contributed by atoms with Crippen molar-refractivity contribution in [2.75, 3.05) is 20.2 Å². The van der Waals surface area contributed by atoms with Gasteiger partial charge in [0.2, 0.25) is 6.41 Å². The standard InChI is InChI=1S/C11H18BNO3.C5H12O/c1-10(2)11(3,4)16-12(15-10)9-5-6-13(7-9)8-14;1-5(2,3)6-4/h5,8H,6-7H2,1-4H3;1-4H3. The first-order chi connectivity index (χ1) is 9.92. The molecule has 0 saturated carbocycles. The summed E-state index contributed by atoms with van der Waals surface area (Å²) in [6.07, 6.45) is 2.87. The zero-order valence-corrected chi connectivity index (χ0v) is 15.2. The molecule has 2 aliphatic rings. The van der Waals surface area contributed by atoms with Gasteiger partial charge in [-0.15, -0.1) is 0 Å². The SMILES string of the molecule is CC1(C)OB(C2=CCN(C=O)C2)OC1(C)C.COC(C)(C)C. The molecule has 0 radical (unpaired) electrons. The minimum atomic E-state index is -0.312. The monoisotopic (exact) mass is 311 g/mol. The van der Waals surface area contributed by atoms with Crippen LogP contribution in [0.15, 0.2) is 11.5 Å². The van der Waals surface area contributed by atoms with E-state index in [0.717, 1.165) is 11.9 Å². The molecule has 1 saturated heterocycles. The second-order valence-corrected chi connectivity index (χ2v) is 7.72. The smallest absolute Gasteiger partial charge is 0.400 e. The van der Waals surface area contributed by atoms with Gasteiger partial charge in [-0.3, -0.25) is 4.79 Å². The van der Waals surface area contributed by atoms with Gasteiger partial charge in [0.15, 0.2) is 0 Å². The van der Waals surface area contributed by atoms with E-state index in [1.807, 2.05) is 54.5 Å². The minimum absolute atomic E-state index is 0.0417. The van der Waals surface area contributed by atoms with Crippen molar-refractivity contribution in [2.24, 2.45) is 0 Å². The van der Waals surface area contributed by atoms with E-state index >= 15 is 0 Å². The van der Waals surface area contributed by atoms with Gasteiger partial charge in [0.05, 0.1) is 16.8 Å². The van der Waals surface area contributed by atoms with Gasteiger partial charge in [-0.2, -0.15) is 0 Å². The third-order valence-corrected chi connectivity index (χ3v) is 4.29. The molecule has 22 heavy (non-hydrogen) atoms. The fourth-order valence-corrected chi connectivity index (χ4v) is 1.84. The second-order valence-electron chi connectivity index (χ2n) is 7.72. The van der Waals surface area contributed by atoms with Crippen LogP contribution in [-0.4, -0.2) is 55.4 Å². The van der Waals surface area contributed by atoms with Crippen LogP contribution in [0.4, 0.5) is 0 Å². The molecule has 0 bridgehead atoms. The molecule has 0 aliphatic carbocycles. The number of ether oxygens (including phenoxy) is 1. The van der Waals surface area contributed by atoms with E-state index in [2.05, 4.69) is 0 Å². The summed E-state index contributed by atoms with van der Waals surface area (Å²) in [6, 6.07) is 0. The van der Waals surface area contributed by atoms with Crippen LogP contribution in [0, 0.1) is 0 Å². The lowest BCUT2D eigenvalue weighted by molar-refractivity contribution is -0.116. The summed E-state index contributed by atoms with van der Waals surface area (Å²) in [5.74, 6) is 0. The lowest BCUT2D eigenvalue weighted by atomic mass is 9.79. The maximum absolute atomic E-state index is 10.6. The van der Waals surface area contributed by atoms with Gasteiger partial charge < -0.3 is 18.9 Å². The highest BCUT2D eigenvalue weighted by Crippen LogP contribution is 2.39. The van der Waals surface area contributed by atoms with Gasteiger partial charge in [-0.05, 0) is 53.9 Å². The molecular formula is C16H30BNO4. The summed E-state index contributed by atoms with van der Waals surface area (Å²) in [5.41, 5.74) is 0.464. The normalized spacial score (nSPS) is 23.0. The maximum Gasteiger partial charge on any atom is 0.492 e. The van der Waals surface area contributed by atoms with Crippen LogP contribution >= 0.6 is 0 Å². The largest absolute Gasteiger partial charge is 0.492 e. The Bertz CT molecular complexity index is 410.